The summed E-state index contributed by atoms with van der Waals surface area (Å²) in [6.45, 7) is 4.66. The lowest BCUT2D eigenvalue weighted by Crippen LogP contribution is -2.40. The maximum atomic E-state index is 9.97. The molecule has 3 aromatic carbocycles. The van der Waals surface area contributed by atoms with Gasteiger partial charge in [0, 0.05) is 6.04 Å². The molecule has 1 fully saturated rings. The summed E-state index contributed by atoms with van der Waals surface area (Å²) in [5, 5.41) is 13.4. The van der Waals surface area contributed by atoms with Crippen molar-refractivity contribution >= 4 is 11.1 Å². The SMILES string of the molecule is CCCC(Oc1ccc(C(=C(c2ccc3c(c2)OCO3)C2CC2)c2ccc(O)cc2)cc1)C(CC)NC. The number of fused-ring (bicyclic) bond motifs is 1. The smallest absolute Gasteiger partial charge is 0.231 e. The van der Waals surface area contributed by atoms with Crippen LogP contribution in [-0.2, 0) is 0 Å². The predicted octanol–water partition coefficient (Wildman–Crippen LogP) is 7.04. The molecule has 2 N–H and O–H groups in total. The number of rotatable bonds is 11. The number of ether oxygens (including phenoxy) is 3. The third kappa shape index (κ3) is 5.62. The monoisotopic (exact) mass is 499 g/mol. The van der Waals surface area contributed by atoms with Crippen molar-refractivity contribution in [3.05, 3.63) is 83.4 Å². The zero-order valence-electron chi connectivity index (χ0n) is 22.0. The molecule has 194 valence electrons. The van der Waals surface area contributed by atoms with Crippen LogP contribution in [0.3, 0.4) is 0 Å². The van der Waals surface area contributed by atoms with E-state index in [4.69, 9.17) is 14.2 Å². The fraction of sp³-hybridized carbons (Fsp3) is 0.375. The topological polar surface area (TPSA) is 60.0 Å². The number of hydrogen-bond acceptors (Lipinski definition) is 5. The number of hydrogen-bond donors (Lipinski definition) is 2. The molecule has 3 aromatic rings. The van der Waals surface area contributed by atoms with Crippen molar-refractivity contribution in [2.45, 2.75) is 58.1 Å². The molecule has 5 heteroatoms. The van der Waals surface area contributed by atoms with Crippen LogP contribution in [0.2, 0.25) is 0 Å². The molecule has 1 heterocycles. The summed E-state index contributed by atoms with van der Waals surface area (Å²) in [5.74, 6) is 3.22. The first-order valence-corrected chi connectivity index (χ1v) is 13.5. The van der Waals surface area contributed by atoms with Gasteiger partial charge in [-0.25, -0.2) is 0 Å². The Hall–Kier alpha value is -3.44. The van der Waals surface area contributed by atoms with E-state index in [0.29, 0.717) is 12.0 Å². The zero-order valence-corrected chi connectivity index (χ0v) is 22.0. The molecule has 2 unspecified atom stereocenters. The van der Waals surface area contributed by atoms with Crippen molar-refractivity contribution in [3.8, 4) is 23.0 Å². The van der Waals surface area contributed by atoms with Gasteiger partial charge in [0.1, 0.15) is 17.6 Å². The quantitative estimate of drug-likeness (QED) is 0.277. The summed E-state index contributed by atoms with van der Waals surface area (Å²) in [6.07, 6.45) is 5.56. The van der Waals surface area contributed by atoms with Crippen LogP contribution in [0, 0.1) is 5.92 Å². The molecule has 2 aliphatic rings. The van der Waals surface area contributed by atoms with Crippen LogP contribution >= 0.6 is 0 Å². The molecule has 5 nitrogen and oxygen atoms in total. The summed E-state index contributed by atoms with van der Waals surface area (Å²) >= 11 is 0. The van der Waals surface area contributed by atoms with Crippen molar-refractivity contribution in [1.29, 1.82) is 0 Å². The maximum Gasteiger partial charge on any atom is 0.231 e. The van der Waals surface area contributed by atoms with E-state index in [1.54, 1.807) is 12.1 Å². The van der Waals surface area contributed by atoms with Crippen molar-refractivity contribution < 1.29 is 19.3 Å². The van der Waals surface area contributed by atoms with Crippen LogP contribution in [0.25, 0.3) is 11.1 Å². The van der Waals surface area contributed by atoms with Crippen LogP contribution in [0.15, 0.2) is 66.7 Å². The lowest BCUT2D eigenvalue weighted by atomic mass is 9.87. The molecule has 0 saturated heterocycles. The molecule has 37 heavy (non-hydrogen) atoms. The minimum atomic E-state index is 0.133. The molecule has 0 radical (unpaired) electrons. The highest BCUT2D eigenvalue weighted by Crippen LogP contribution is 2.49. The summed E-state index contributed by atoms with van der Waals surface area (Å²) in [4.78, 5) is 0. The zero-order chi connectivity index (χ0) is 25.8. The van der Waals surface area contributed by atoms with Crippen LogP contribution in [0.5, 0.6) is 23.0 Å². The van der Waals surface area contributed by atoms with Gasteiger partial charge in [0.25, 0.3) is 0 Å². The minimum Gasteiger partial charge on any atom is -0.508 e. The number of likely N-dealkylation sites (N-methyl/N-ethyl adjacent to an activating group) is 1. The lowest BCUT2D eigenvalue weighted by molar-refractivity contribution is 0.143. The van der Waals surface area contributed by atoms with Gasteiger partial charge in [-0.1, -0.05) is 50.6 Å². The van der Waals surface area contributed by atoms with Crippen molar-refractivity contribution in [1.82, 2.24) is 5.32 Å². The first-order chi connectivity index (χ1) is 18.1. The van der Waals surface area contributed by atoms with Gasteiger partial charge < -0.3 is 24.6 Å². The molecule has 0 bridgehead atoms. The standard InChI is InChI=1S/C32H37NO4/c1-4-6-28(27(5-2)33-3)37-26-16-11-23(12-17-26)31(22-9-14-25(34)15-10-22)32(21-7-8-21)24-13-18-29-30(19-24)36-20-35-29/h9-19,21,27-28,33-34H,4-8,20H2,1-3H3. The normalized spacial score (nSPS) is 16.7. The van der Waals surface area contributed by atoms with Crippen LogP contribution < -0.4 is 19.5 Å². The second-order valence-electron chi connectivity index (χ2n) is 9.95. The van der Waals surface area contributed by atoms with Gasteiger partial charge in [-0.05, 0) is 103 Å². The van der Waals surface area contributed by atoms with Gasteiger partial charge in [-0.2, -0.15) is 0 Å². The van der Waals surface area contributed by atoms with Gasteiger partial charge >= 0.3 is 0 Å². The van der Waals surface area contributed by atoms with E-state index < -0.39 is 0 Å². The van der Waals surface area contributed by atoms with Gasteiger partial charge in [0.2, 0.25) is 6.79 Å². The average molecular weight is 500 g/mol. The molecule has 0 amide bonds. The number of phenols is 1. The van der Waals surface area contributed by atoms with Crippen LogP contribution in [0.1, 0.15) is 62.6 Å². The van der Waals surface area contributed by atoms with Gasteiger partial charge in [0.15, 0.2) is 11.5 Å². The highest BCUT2D eigenvalue weighted by atomic mass is 16.7. The molecule has 0 spiro atoms. The molecule has 1 aliphatic carbocycles. The molecule has 1 saturated carbocycles. The Kier molecular flexibility index (Phi) is 7.71. The Morgan fingerprint density at radius 3 is 2.19 bits per heavy atom. The summed E-state index contributed by atoms with van der Waals surface area (Å²) in [6, 6.07) is 22.6. The van der Waals surface area contributed by atoms with Crippen molar-refractivity contribution in [2.75, 3.05) is 13.8 Å². The second kappa shape index (κ2) is 11.3. The van der Waals surface area contributed by atoms with Crippen LogP contribution in [0.4, 0.5) is 0 Å². The van der Waals surface area contributed by atoms with Gasteiger partial charge in [-0.15, -0.1) is 0 Å². The van der Waals surface area contributed by atoms with Crippen LogP contribution in [-0.4, -0.2) is 31.1 Å². The van der Waals surface area contributed by atoms with E-state index in [1.807, 2.05) is 25.2 Å². The number of phenolic OH excluding ortho intramolecular Hbond substituents is 1. The average Bonchev–Trinajstić information content (AvgIpc) is 3.64. The van der Waals surface area contributed by atoms with Gasteiger partial charge in [0.05, 0.1) is 0 Å². The Balaban J connectivity index is 1.56. The largest absolute Gasteiger partial charge is 0.508 e. The Bertz CT molecular complexity index is 1220. The highest BCUT2D eigenvalue weighted by Gasteiger charge is 2.31. The third-order valence-electron chi connectivity index (χ3n) is 7.36. The summed E-state index contributed by atoms with van der Waals surface area (Å²) in [7, 11) is 2.01. The van der Waals surface area contributed by atoms with E-state index in [9.17, 15) is 5.11 Å². The van der Waals surface area contributed by atoms with E-state index in [0.717, 1.165) is 66.0 Å². The first kappa shape index (κ1) is 25.2. The fourth-order valence-corrected chi connectivity index (χ4v) is 5.28. The van der Waals surface area contributed by atoms with E-state index in [1.165, 1.54) is 11.1 Å². The number of allylic oxidation sites excluding steroid dienone is 1. The Morgan fingerprint density at radius 2 is 1.57 bits per heavy atom. The molecular formula is C32H37NO4. The van der Waals surface area contributed by atoms with E-state index >= 15 is 0 Å². The third-order valence-corrected chi connectivity index (χ3v) is 7.36. The van der Waals surface area contributed by atoms with Crippen molar-refractivity contribution in [3.63, 3.8) is 0 Å². The molecule has 5 rings (SSSR count). The number of benzene rings is 3. The molecule has 2 atom stereocenters. The number of nitrogens with one attached hydrogen (secondary N) is 1. The summed E-state index contributed by atoms with van der Waals surface area (Å²) in [5.41, 5.74) is 5.85. The van der Waals surface area contributed by atoms with E-state index in [-0.39, 0.29) is 18.6 Å². The maximum absolute atomic E-state index is 9.97. The Labute approximate surface area is 220 Å². The summed E-state index contributed by atoms with van der Waals surface area (Å²) < 4.78 is 17.7. The fourth-order valence-electron chi connectivity index (χ4n) is 5.28. The Morgan fingerprint density at radius 1 is 0.919 bits per heavy atom. The minimum absolute atomic E-state index is 0.133. The molecule has 0 aromatic heterocycles. The highest BCUT2D eigenvalue weighted by molar-refractivity contribution is 6.00. The van der Waals surface area contributed by atoms with E-state index in [2.05, 4.69) is 55.6 Å². The predicted molar refractivity (Wildman–Crippen MR) is 148 cm³/mol. The van der Waals surface area contributed by atoms with Gasteiger partial charge in [-0.3, -0.25) is 0 Å². The van der Waals surface area contributed by atoms with Crippen molar-refractivity contribution in [2.24, 2.45) is 5.92 Å². The number of aromatic hydroxyl groups is 1. The lowest BCUT2D eigenvalue weighted by Gasteiger charge is -2.27. The molecular weight excluding hydrogens is 462 g/mol. The second-order valence-corrected chi connectivity index (χ2v) is 9.95. The first-order valence-electron chi connectivity index (χ1n) is 13.5. The molecule has 1 aliphatic heterocycles.